The normalized spacial score (nSPS) is 15.7. The molecule has 0 aromatic heterocycles. The Morgan fingerprint density at radius 2 is 2.10 bits per heavy atom. The zero-order chi connectivity index (χ0) is 15.3. The van der Waals surface area contributed by atoms with Crippen LogP contribution in [0.2, 0.25) is 0 Å². The van der Waals surface area contributed by atoms with Crippen LogP contribution in [-0.2, 0) is 27.9 Å². The summed E-state index contributed by atoms with van der Waals surface area (Å²) >= 11 is 0. The maximum absolute atomic E-state index is 12.2. The van der Waals surface area contributed by atoms with Gasteiger partial charge in [0.1, 0.15) is 0 Å². The van der Waals surface area contributed by atoms with E-state index in [4.69, 9.17) is 4.74 Å². The second-order valence-corrected chi connectivity index (χ2v) is 7.02. The van der Waals surface area contributed by atoms with Gasteiger partial charge in [-0.2, -0.15) is 17.4 Å². The van der Waals surface area contributed by atoms with Crippen molar-refractivity contribution in [3.63, 3.8) is 0 Å². The molecular weight excluding hydrogens is 288 g/mol. The summed E-state index contributed by atoms with van der Waals surface area (Å²) in [6, 6.07) is 7.96. The molecule has 0 unspecified atom stereocenters. The van der Waals surface area contributed by atoms with E-state index in [1.807, 2.05) is 25.1 Å². The van der Waals surface area contributed by atoms with E-state index in [-0.39, 0.29) is 6.54 Å². The molecule has 1 N–H and O–H groups in total. The third kappa shape index (κ3) is 4.64. The monoisotopic (exact) mass is 310 g/mol. The van der Waals surface area contributed by atoms with Crippen LogP contribution in [0.3, 0.4) is 0 Å². The summed E-state index contributed by atoms with van der Waals surface area (Å²) in [5.41, 5.74) is 3.23. The highest BCUT2D eigenvalue weighted by Crippen LogP contribution is 2.20. The van der Waals surface area contributed by atoms with Gasteiger partial charge in [-0.15, -0.1) is 0 Å². The van der Waals surface area contributed by atoms with Gasteiger partial charge < -0.3 is 4.74 Å². The molecule has 0 bridgehead atoms. The van der Waals surface area contributed by atoms with Crippen molar-refractivity contribution in [3.8, 4) is 0 Å². The van der Waals surface area contributed by atoms with Crippen LogP contribution < -0.4 is 4.72 Å². The predicted octanol–water partition coefficient (Wildman–Crippen LogP) is 1.47. The van der Waals surface area contributed by atoms with E-state index < -0.39 is 10.2 Å². The number of rotatable bonds is 7. The summed E-state index contributed by atoms with van der Waals surface area (Å²) in [5, 5.41) is 0. The van der Waals surface area contributed by atoms with Crippen LogP contribution in [0.5, 0.6) is 0 Å². The number of fused-ring (bicyclic) bond motifs is 1. The molecule has 1 aromatic rings. The summed E-state index contributed by atoms with van der Waals surface area (Å²) in [4.78, 5) is 0. The first kappa shape index (κ1) is 16.2. The third-order valence-corrected chi connectivity index (χ3v) is 4.88. The van der Waals surface area contributed by atoms with Gasteiger partial charge in [0, 0.05) is 19.6 Å². The van der Waals surface area contributed by atoms with Crippen molar-refractivity contribution in [2.45, 2.75) is 19.9 Å². The summed E-state index contributed by atoms with van der Waals surface area (Å²) < 4.78 is 33.8. The molecule has 0 amide bonds. The Kier molecular flexibility index (Phi) is 5.52. The molecule has 1 aromatic carbocycles. The van der Waals surface area contributed by atoms with Crippen molar-refractivity contribution in [1.29, 1.82) is 0 Å². The van der Waals surface area contributed by atoms with Crippen LogP contribution in [-0.4, -0.2) is 39.0 Å². The van der Waals surface area contributed by atoms with Crippen LogP contribution in [0.1, 0.15) is 18.1 Å². The van der Waals surface area contributed by atoms with Crippen LogP contribution in [0.4, 0.5) is 0 Å². The first-order valence-electron chi connectivity index (χ1n) is 7.02. The van der Waals surface area contributed by atoms with Gasteiger partial charge in [-0.1, -0.05) is 36.4 Å². The second kappa shape index (κ2) is 7.17. The topological polar surface area (TPSA) is 58.6 Å². The number of nitrogens with zero attached hydrogens (tertiary/aromatic N) is 1. The summed E-state index contributed by atoms with van der Waals surface area (Å²) in [7, 11) is -3.45. The smallest absolute Gasteiger partial charge is 0.279 e. The highest BCUT2D eigenvalue weighted by molar-refractivity contribution is 7.87. The van der Waals surface area contributed by atoms with Gasteiger partial charge in [-0.3, -0.25) is 0 Å². The Morgan fingerprint density at radius 1 is 1.38 bits per heavy atom. The lowest BCUT2D eigenvalue weighted by molar-refractivity contribution is 0.161. The summed E-state index contributed by atoms with van der Waals surface area (Å²) in [5.74, 6) is 0. The summed E-state index contributed by atoms with van der Waals surface area (Å²) in [6.45, 7) is 7.61. The molecule has 0 spiro atoms. The first-order chi connectivity index (χ1) is 9.99. The number of hydrogen-bond acceptors (Lipinski definition) is 3. The van der Waals surface area contributed by atoms with Crippen LogP contribution >= 0.6 is 0 Å². The molecule has 21 heavy (non-hydrogen) atoms. The average molecular weight is 310 g/mol. The van der Waals surface area contributed by atoms with E-state index >= 15 is 0 Å². The minimum atomic E-state index is -3.45. The van der Waals surface area contributed by atoms with E-state index in [0.29, 0.717) is 26.3 Å². The van der Waals surface area contributed by atoms with Crippen molar-refractivity contribution >= 4 is 10.2 Å². The molecule has 2 rings (SSSR count). The Labute approximate surface area is 126 Å². The number of ether oxygens (including phenoxy) is 1. The highest BCUT2D eigenvalue weighted by Gasteiger charge is 2.25. The standard InChI is InChI=1S/C15H22N2O3S/c1-13(2)12-20-10-8-16-21(18,19)17-9-7-14-5-3-4-6-15(14)11-17/h3-6,16H,1,7-12H2,2H3. The third-order valence-electron chi connectivity index (χ3n) is 3.31. The maximum Gasteiger partial charge on any atom is 0.279 e. The van der Waals surface area contributed by atoms with Crippen molar-refractivity contribution in [1.82, 2.24) is 9.03 Å². The van der Waals surface area contributed by atoms with Crippen molar-refractivity contribution in [2.24, 2.45) is 0 Å². The molecule has 1 heterocycles. The van der Waals surface area contributed by atoms with Gasteiger partial charge in [0.25, 0.3) is 10.2 Å². The Balaban J connectivity index is 1.85. The molecule has 0 fully saturated rings. The largest absolute Gasteiger partial charge is 0.376 e. The molecule has 116 valence electrons. The Bertz CT molecular complexity index is 599. The molecule has 0 radical (unpaired) electrons. The fraction of sp³-hybridized carbons (Fsp3) is 0.467. The lowest BCUT2D eigenvalue weighted by atomic mass is 10.0. The van der Waals surface area contributed by atoms with Gasteiger partial charge in [0.05, 0.1) is 13.2 Å². The minimum absolute atomic E-state index is 0.272. The lowest BCUT2D eigenvalue weighted by Crippen LogP contribution is -2.44. The molecule has 1 aliphatic rings. The highest BCUT2D eigenvalue weighted by atomic mass is 32.2. The fourth-order valence-corrected chi connectivity index (χ4v) is 3.42. The van der Waals surface area contributed by atoms with E-state index in [9.17, 15) is 8.42 Å². The zero-order valence-electron chi connectivity index (χ0n) is 12.3. The average Bonchev–Trinajstić information content (AvgIpc) is 2.46. The van der Waals surface area contributed by atoms with Crippen LogP contribution in [0.15, 0.2) is 36.4 Å². The van der Waals surface area contributed by atoms with E-state index in [2.05, 4.69) is 17.4 Å². The lowest BCUT2D eigenvalue weighted by Gasteiger charge is -2.28. The van der Waals surface area contributed by atoms with Crippen LogP contribution in [0, 0.1) is 0 Å². The van der Waals surface area contributed by atoms with Gasteiger partial charge >= 0.3 is 0 Å². The Morgan fingerprint density at radius 3 is 2.81 bits per heavy atom. The first-order valence-corrected chi connectivity index (χ1v) is 8.47. The van der Waals surface area contributed by atoms with Gasteiger partial charge in [0.15, 0.2) is 0 Å². The maximum atomic E-state index is 12.2. The molecule has 0 saturated carbocycles. The van der Waals surface area contributed by atoms with Gasteiger partial charge in [-0.25, -0.2) is 0 Å². The predicted molar refractivity (Wildman–Crippen MR) is 83.1 cm³/mol. The summed E-state index contributed by atoms with van der Waals surface area (Å²) in [6.07, 6.45) is 0.753. The zero-order valence-corrected chi connectivity index (χ0v) is 13.2. The molecule has 0 aliphatic carbocycles. The van der Waals surface area contributed by atoms with Gasteiger partial charge in [0.2, 0.25) is 0 Å². The van der Waals surface area contributed by atoms with Gasteiger partial charge in [-0.05, 0) is 24.5 Å². The molecular formula is C15H22N2O3S. The van der Waals surface area contributed by atoms with E-state index in [1.54, 1.807) is 0 Å². The van der Waals surface area contributed by atoms with Crippen molar-refractivity contribution in [2.75, 3.05) is 26.3 Å². The fourth-order valence-electron chi connectivity index (χ4n) is 2.26. The quantitative estimate of drug-likeness (QED) is 0.613. The number of benzene rings is 1. The molecule has 0 atom stereocenters. The number of hydrogen-bond donors (Lipinski definition) is 1. The van der Waals surface area contributed by atoms with Crippen molar-refractivity contribution < 1.29 is 13.2 Å². The minimum Gasteiger partial charge on any atom is -0.376 e. The molecule has 0 saturated heterocycles. The molecule has 6 heteroatoms. The van der Waals surface area contributed by atoms with E-state index in [0.717, 1.165) is 17.6 Å². The van der Waals surface area contributed by atoms with Crippen molar-refractivity contribution in [3.05, 3.63) is 47.5 Å². The SMILES string of the molecule is C=C(C)COCCNS(=O)(=O)N1CCc2ccccc2C1. The second-order valence-electron chi connectivity index (χ2n) is 5.26. The Hall–Kier alpha value is -1.21. The van der Waals surface area contributed by atoms with E-state index in [1.165, 1.54) is 9.87 Å². The molecule has 1 aliphatic heterocycles. The van der Waals surface area contributed by atoms with Crippen LogP contribution in [0.25, 0.3) is 0 Å². The molecule has 5 nitrogen and oxygen atoms in total. The number of nitrogens with one attached hydrogen (secondary N) is 1.